The molecule has 1 saturated carbocycles. The van der Waals surface area contributed by atoms with Crippen LogP contribution in [0.15, 0.2) is 18.2 Å². The molecule has 0 atom stereocenters. The molecule has 0 spiro atoms. The van der Waals surface area contributed by atoms with Crippen molar-refractivity contribution in [3.63, 3.8) is 0 Å². The van der Waals surface area contributed by atoms with E-state index in [1.165, 1.54) is 6.42 Å². The van der Waals surface area contributed by atoms with Crippen LogP contribution in [0.2, 0.25) is 0 Å². The van der Waals surface area contributed by atoms with Crippen molar-refractivity contribution >= 4 is 23.2 Å². The summed E-state index contributed by atoms with van der Waals surface area (Å²) < 4.78 is 0. The largest absolute Gasteiger partial charge is 0.371 e. The highest BCUT2D eigenvalue weighted by molar-refractivity contribution is 6.02. The zero-order chi connectivity index (χ0) is 17.1. The van der Waals surface area contributed by atoms with E-state index in [-0.39, 0.29) is 17.7 Å². The number of carbonyl (C=O) groups excluding carboxylic acids is 2. The summed E-state index contributed by atoms with van der Waals surface area (Å²) in [4.78, 5) is 26.9. The van der Waals surface area contributed by atoms with E-state index in [0.717, 1.165) is 44.5 Å². The number of nitrogens with zero attached hydrogens (tertiary/aromatic N) is 1. The van der Waals surface area contributed by atoms with Crippen LogP contribution in [0.5, 0.6) is 0 Å². The maximum atomic E-state index is 12.7. The van der Waals surface area contributed by atoms with Crippen molar-refractivity contribution in [1.29, 1.82) is 0 Å². The van der Waals surface area contributed by atoms with Gasteiger partial charge in [0.15, 0.2) is 0 Å². The first-order chi connectivity index (χ1) is 11.5. The molecule has 1 aliphatic heterocycles. The quantitative estimate of drug-likeness (QED) is 0.872. The number of carbonyl (C=O) groups is 2. The minimum absolute atomic E-state index is 0.0290. The smallest absolute Gasteiger partial charge is 0.253 e. The molecule has 0 bridgehead atoms. The van der Waals surface area contributed by atoms with E-state index in [1.54, 1.807) is 0 Å². The number of hydrogen-bond acceptors (Lipinski definition) is 3. The summed E-state index contributed by atoms with van der Waals surface area (Å²) in [6.07, 6.45) is 5.71. The highest BCUT2D eigenvalue weighted by atomic mass is 16.2. The first-order valence-corrected chi connectivity index (χ1v) is 9.05. The zero-order valence-electron chi connectivity index (χ0n) is 14.6. The molecule has 5 nitrogen and oxygen atoms in total. The zero-order valence-corrected chi connectivity index (χ0v) is 14.6. The summed E-state index contributed by atoms with van der Waals surface area (Å²) in [7, 11) is 0. The number of rotatable bonds is 5. The Morgan fingerprint density at radius 2 is 1.83 bits per heavy atom. The number of hydrogen-bond donors (Lipinski definition) is 2. The number of benzene rings is 1. The molecule has 3 rings (SSSR count). The van der Waals surface area contributed by atoms with Gasteiger partial charge in [0.05, 0.1) is 5.56 Å². The Hall–Kier alpha value is -2.04. The summed E-state index contributed by atoms with van der Waals surface area (Å²) in [5.74, 6) is -0.150. The molecule has 1 aliphatic carbocycles. The second-order valence-corrected chi connectivity index (χ2v) is 7.17. The number of amides is 2. The van der Waals surface area contributed by atoms with E-state index in [4.69, 9.17) is 0 Å². The highest BCUT2D eigenvalue weighted by Gasteiger charge is 2.26. The van der Waals surface area contributed by atoms with E-state index >= 15 is 0 Å². The van der Waals surface area contributed by atoms with Crippen LogP contribution < -0.4 is 15.5 Å². The van der Waals surface area contributed by atoms with E-state index in [1.807, 2.05) is 32.0 Å². The maximum absolute atomic E-state index is 12.7. The minimum atomic E-state index is -0.0875. The van der Waals surface area contributed by atoms with Gasteiger partial charge in [-0.05, 0) is 50.3 Å². The molecule has 1 aromatic rings. The Labute approximate surface area is 143 Å². The van der Waals surface area contributed by atoms with Crippen LogP contribution in [-0.4, -0.2) is 30.9 Å². The fraction of sp³-hybridized carbons (Fsp3) is 0.579. The van der Waals surface area contributed by atoms with Crippen molar-refractivity contribution in [1.82, 2.24) is 5.32 Å². The van der Waals surface area contributed by atoms with Gasteiger partial charge >= 0.3 is 0 Å². The molecular weight excluding hydrogens is 302 g/mol. The molecule has 0 aromatic heterocycles. The average Bonchev–Trinajstić information content (AvgIpc) is 3.39. The first kappa shape index (κ1) is 16.8. The third-order valence-corrected chi connectivity index (χ3v) is 4.64. The Morgan fingerprint density at radius 3 is 2.46 bits per heavy atom. The van der Waals surface area contributed by atoms with Gasteiger partial charge in [-0.2, -0.15) is 0 Å². The molecule has 1 saturated heterocycles. The van der Waals surface area contributed by atoms with Crippen molar-refractivity contribution in [3.05, 3.63) is 23.8 Å². The molecule has 1 aromatic carbocycles. The second kappa shape index (κ2) is 7.24. The normalized spacial score (nSPS) is 17.7. The van der Waals surface area contributed by atoms with E-state index in [0.29, 0.717) is 17.3 Å². The van der Waals surface area contributed by atoms with E-state index < -0.39 is 0 Å². The highest BCUT2D eigenvalue weighted by Crippen LogP contribution is 2.28. The summed E-state index contributed by atoms with van der Waals surface area (Å²) >= 11 is 0. The van der Waals surface area contributed by atoms with Gasteiger partial charge in [0.25, 0.3) is 5.91 Å². The van der Waals surface area contributed by atoms with Crippen LogP contribution in [0.25, 0.3) is 0 Å². The van der Waals surface area contributed by atoms with Crippen molar-refractivity contribution in [3.8, 4) is 0 Å². The van der Waals surface area contributed by atoms with Crippen molar-refractivity contribution in [2.45, 2.75) is 52.0 Å². The average molecular weight is 329 g/mol. The van der Waals surface area contributed by atoms with Crippen molar-refractivity contribution in [2.24, 2.45) is 5.92 Å². The lowest BCUT2D eigenvalue weighted by Crippen LogP contribution is -2.33. The predicted octanol–water partition coefficient (Wildman–Crippen LogP) is 3.16. The molecule has 5 heteroatoms. The van der Waals surface area contributed by atoms with Gasteiger partial charge in [-0.1, -0.05) is 13.8 Å². The number of nitrogens with one attached hydrogen (secondary N) is 2. The third kappa shape index (κ3) is 4.08. The van der Waals surface area contributed by atoms with Gasteiger partial charge in [-0.3, -0.25) is 9.59 Å². The van der Waals surface area contributed by atoms with Crippen LogP contribution >= 0.6 is 0 Å². The summed E-state index contributed by atoms with van der Waals surface area (Å²) in [5, 5.41) is 5.97. The van der Waals surface area contributed by atoms with E-state index in [2.05, 4.69) is 15.5 Å². The monoisotopic (exact) mass is 329 g/mol. The fourth-order valence-corrected chi connectivity index (χ4v) is 2.98. The lowest BCUT2D eigenvalue weighted by Gasteiger charge is -2.30. The van der Waals surface area contributed by atoms with Crippen LogP contribution in [0.4, 0.5) is 11.4 Å². The predicted molar refractivity (Wildman–Crippen MR) is 96.5 cm³/mol. The van der Waals surface area contributed by atoms with Crippen LogP contribution in [0, 0.1) is 5.92 Å². The van der Waals surface area contributed by atoms with Gasteiger partial charge in [0.2, 0.25) is 5.91 Å². The van der Waals surface area contributed by atoms with Gasteiger partial charge < -0.3 is 15.5 Å². The third-order valence-electron chi connectivity index (χ3n) is 4.64. The number of piperidine rings is 1. The molecule has 2 aliphatic rings. The lowest BCUT2D eigenvalue weighted by molar-refractivity contribution is -0.118. The van der Waals surface area contributed by atoms with Gasteiger partial charge in [-0.25, -0.2) is 0 Å². The maximum Gasteiger partial charge on any atom is 0.253 e. The van der Waals surface area contributed by atoms with Gasteiger partial charge in [0, 0.05) is 36.4 Å². The molecule has 2 N–H and O–H groups in total. The molecule has 0 radical (unpaired) electrons. The SMILES string of the molecule is CC(C)C(=O)Nc1ccc(N2CCCCC2)c(C(=O)NC2CC2)c1. The van der Waals surface area contributed by atoms with Crippen LogP contribution in [0.1, 0.15) is 56.3 Å². The van der Waals surface area contributed by atoms with Crippen molar-refractivity contribution < 1.29 is 9.59 Å². The van der Waals surface area contributed by atoms with Crippen LogP contribution in [-0.2, 0) is 4.79 Å². The fourth-order valence-electron chi connectivity index (χ4n) is 2.98. The summed E-state index contributed by atoms with van der Waals surface area (Å²) in [6.45, 7) is 5.69. The summed E-state index contributed by atoms with van der Waals surface area (Å²) in [6, 6.07) is 6.02. The Bertz CT molecular complexity index is 617. The molecule has 130 valence electrons. The van der Waals surface area contributed by atoms with Gasteiger partial charge in [-0.15, -0.1) is 0 Å². The Morgan fingerprint density at radius 1 is 1.12 bits per heavy atom. The molecule has 24 heavy (non-hydrogen) atoms. The molecule has 2 fully saturated rings. The first-order valence-electron chi connectivity index (χ1n) is 9.05. The van der Waals surface area contributed by atoms with Gasteiger partial charge in [0.1, 0.15) is 0 Å². The molecular formula is C19H27N3O2. The molecule has 0 unspecified atom stereocenters. The van der Waals surface area contributed by atoms with Crippen molar-refractivity contribution in [2.75, 3.05) is 23.3 Å². The summed E-state index contributed by atoms with van der Waals surface area (Å²) in [5.41, 5.74) is 2.34. The van der Waals surface area contributed by atoms with E-state index in [9.17, 15) is 9.59 Å². The standard InChI is InChI=1S/C19H27N3O2/c1-13(2)18(23)21-15-8-9-17(22-10-4-3-5-11-22)16(12-15)19(24)20-14-6-7-14/h8-9,12-14H,3-7,10-11H2,1-2H3,(H,20,24)(H,21,23). The topological polar surface area (TPSA) is 61.4 Å². The van der Waals surface area contributed by atoms with Crippen LogP contribution in [0.3, 0.4) is 0 Å². The second-order valence-electron chi connectivity index (χ2n) is 7.17. The number of anilines is 2. The molecule has 1 heterocycles. The minimum Gasteiger partial charge on any atom is -0.371 e. The Balaban J connectivity index is 1.85. The Kier molecular flexibility index (Phi) is 5.07. The lowest BCUT2D eigenvalue weighted by atomic mass is 10.1. The molecule has 2 amide bonds.